The SMILES string of the molecule is CCCCN(C)S(=O)(=O)c1ccc(C(=O)N2CCc3ccccc3C2)cc1. The lowest BCUT2D eigenvalue weighted by Crippen LogP contribution is -2.36. The van der Waals surface area contributed by atoms with Gasteiger partial charge in [0.2, 0.25) is 10.0 Å². The summed E-state index contributed by atoms with van der Waals surface area (Å²) in [7, 11) is -1.92. The number of fused-ring (bicyclic) bond motifs is 1. The van der Waals surface area contributed by atoms with Crippen molar-refractivity contribution in [3.63, 3.8) is 0 Å². The predicted molar refractivity (Wildman–Crippen MR) is 106 cm³/mol. The molecular weight excluding hydrogens is 360 g/mol. The van der Waals surface area contributed by atoms with Crippen molar-refractivity contribution in [2.24, 2.45) is 0 Å². The Bertz CT molecular complexity index is 907. The van der Waals surface area contributed by atoms with Crippen LogP contribution in [0.15, 0.2) is 53.4 Å². The molecule has 0 unspecified atom stereocenters. The summed E-state index contributed by atoms with van der Waals surface area (Å²) in [6.45, 7) is 3.79. The van der Waals surface area contributed by atoms with Gasteiger partial charge in [0.25, 0.3) is 5.91 Å². The van der Waals surface area contributed by atoms with E-state index in [0.29, 0.717) is 25.2 Å². The lowest BCUT2D eigenvalue weighted by Gasteiger charge is -2.29. The van der Waals surface area contributed by atoms with Gasteiger partial charge in [0.05, 0.1) is 4.90 Å². The Kier molecular flexibility index (Phi) is 5.97. The van der Waals surface area contributed by atoms with Gasteiger partial charge in [-0.3, -0.25) is 4.79 Å². The molecule has 0 bridgehead atoms. The molecule has 6 heteroatoms. The molecule has 0 radical (unpaired) electrons. The van der Waals surface area contributed by atoms with Crippen LogP contribution in [-0.2, 0) is 23.0 Å². The Hall–Kier alpha value is -2.18. The van der Waals surface area contributed by atoms with Crippen LogP contribution in [0.2, 0.25) is 0 Å². The maximum absolute atomic E-state index is 12.8. The van der Waals surface area contributed by atoms with Gasteiger partial charge < -0.3 is 4.90 Å². The molecule has 0 N–H and O–H groups in total. The number of carbonyl (C=O) groups excluding carboxylic acids is 1. The van der Waals surface area contributed by atoms with E-state index in [-0.39, 0.29) is 10.8 Å². The predicted octanol–water partition coefficient (Wildman–Crippen LogP) is 3.31. The van der Waals surface area contributed by atoms with Crippen molar-refractivity contribution < 1.29 is 13.2 Å². The summed E-state index contributed by atoms with van der Waals surface area (Å²) in [5, 5.41) is 0. The third-order valence-electron chi connectivity index (χ3n) is 5.05. The first kappa shape index (κ1) is 19.6. The Balaban J connectivity index is 1.73. The van der Waals surface area contributed by atoms with E-state index in [2.05, 4.69) is 12.1 Å². The molecule has 1 amide bonds. The average molecular weight is 387 g/mol. The van der Waals surface area contributed by atoms with Crippen LogP contribution < -0.4 is 0 Å². The molecule has 0 atom stereocenters. The Morgan fingerprint density at radius 2 is 1.74 bits per heavy atom. The fraction of sp³-hybridized carbons (Fsp3) is 0.381. The number of amides is 1. The number of nitrogens with zero attached hydrogens (tertiary/aromatic N) is 2. The van der Waals surface area contributed by atoms with Crippen LogP contribution in [0.1, 0.15) is 41.3 Å². The first-order chi connectivity index (χ1) is 12.9. The maximum Gasteiger partial charge on any atom is 0.254 e. The molecule has 0 aromatic heterocycles. The fourth-order valence-electron chi connectivity index (χ4n) is 3.30. The summed E-state index contributed by atoms with van der Waals surface area (Å²) in [4.78, 5) is 14.9. The van der Waals surface area contributed by atoms with E-state index < -0.39 is 10.0 Å². The number of sulfonamides is 1. The summed E-state index contributed by atoms with van der Waals surface area (Å²) in [5.74, 6) is -0.0622. The number of hydrogen-bond donors (Lipinski definition) is 0. The maximum atomic E-state index is 12.8. The van der Waals surface area contributed by atoms with Gasteiger partial charge in [-0.25, -0.2) is 12.7 Å². The molecule has 3 rings (SSSR count). The number of rotatable bonds is 6. The summed E-state index contributed by atoms with van der Waals surface area (Å²) in [6, 6.07) is 14.5. The highest BCUT2D eigenvalue weighted by Crippen LogP contribution is 2.21. The highest BCUT2D eigenvalue weighted by atomic mass is 32.2. The van der Waals surface area contributed by atoms with Crippen LogP contribution in [0.4, 0.5) is 0 Å². The Morgan fingerprint density at radius 1 is 1.07 bits per heavy atom. The standard InChI is InChI=1S/C21H26N2O3S/c1-3-4-14-22(2)27(25,26)20-11-9-18(10-12-20)21(24)23-15-13-17-7-5-6-8-19(17)16-23/h5-12H,3-4,13-16H2,1-2H3. The summed E-state index contributed by atoms with van der Waals surface area (Å²) < 4.78 is 26.5. The lowest BCUT2D eigenvalue weighted by molar-refractivity contribution is 0.0734. The van der Waals surface area contributed by atoms with Crippen LogP contribution in [0.3, 0.4) is 0 Å². The lowest BCUT2D eigenvalue weighted by atomic mass is 9.99. The van der Waals surface area contributed by atoms with Gasteiger partial charge in [-0.05, 0) is 48.2 Å². The van der Waals surface area contributed by atoms with Crippen LogP contribution in [0.25, 0.3) is 0 Å². The van der Waals surface area contributed by atoms with Crippen molar-refractivity contribution in [3.8, 4) is 0 Å². The van der Waals surface area contributed by atoms with Crippen LogP contribution >= 0.6 is 0 Å². The molecular formula is C21H26N2O3S. The molecule has 0 saturated carbocycles. The highest BCUT2D eigenvalue weighted by Gasteiger charge is 2.23. The number of unbranched alkanes of at least 4 members (excludes halogenated alkanes) is 1. The normalized spacial score (nSPS) is 14.3. The fourth-order valence-corrected chi connectivity index (χ4v) is 4.51. The molecule has 27 heavy (non-hydrogen) atoms. The van der Waals surface area contributed by atoms with E-state index in [1.54, 1.807) is 19.2 Å². The van der Waals surface area contributed by atoms with E-state index in [9.17, 15) is 13.2 Å². The second-order valence-electron chi connectivity index (χ2n) is 6.95. The van der Waals surface area contributed by atoms with Crippen molar-refractivity contribution in [1.82, 2.24) is 9.21 Å². The van der Waals surface area contributed by atoms with E-state index in [1.165, 1.54) is 27.6 Å². The minimum absolute atomic E-state index is 0.0622. The van der Waals surface area contributed by atoms with E-state index in [1.807, 2.05) is 24.0 Å². The van der Waals surface area contributed by atoms with Crippen molar-refractivity contribution >= 4 is 15.9 Å². The van der Waals surface area contributed by atoms with Crippen molar-refractivity contribution in [2.45, 2.75) is 37.6 Å². The van der Waals surface area contributed by atoms with Gasteiger partial charge in [0.15, 0.2) is 0 Å². The van der Waals surface area contributed by atoms with E-state index in [4.69, 9.17) is 0 Å². The topological polar surface area (TPSA) is 57.7 Å². The van der Waals surface area contributed by atoms with Crippen molar-refractivity contribution in [2.75, 3.05) is 20.1 Å². The third-order valence-corrected chi connectivity index (χ3v) is 6.92. The quantitative estimate of drug-likeness (QED) is 0.765. The molecule has 2 aromatic carbocycles. The molecule has 144 valence electrons. The molecule has 0 aliphatic carbocycles. The molecule has 5 nitrogen and oxygen atoms in total. The van der Waals surface area contributed by atoms with Gasteiger partial charge in [0, 0.05) is 32.2 Å². The molecule has 0 saturated heterocycles. The molecule has 1 aliphatic rings. The molecule has 1 heterocycles. The van der Waals surface area contributed by atoms with E-state index >= 15 is 0 Å². The van der Waals surface area contributed by atoms with E-state index in [0.717, 1.165) is 19.3 Å². The van der Waals surface area contributed by atoms with Gasteiger partial charge >= 0.3 is 0 Å². The Labute approximate surface area is 161 Å². The number of hydrogen-bond acceptors (Lipinski definition) is 3. The average Bonchev–Trinajstić information content (AvgIpc) is 2.71. The van der Waals surface area contributed by atoms with Gasteiger partial charge in [0.1, 0.15) is 0 Å². The minimum atomic E-state index is -3.51. The first-order valence-corrected chi connectivity index (χ1v) is 10.8. The molecule has 1 aliphatic heterocycles. The van der Waals surface area contributed by atoms with Crippen LogP contribution in [0, 0.1) is 0 Å². The Morgan fingerprint density at radius 3 is 2.41 bits per heavy atom. The summed E-state index contributed by atoms with van der Waals surface area (Å²) in [5.41, 5.74) is 2.98. The van der Waals surface area contributed by atoms with Gasteiger partial charge in [-0.15, -0.1) is 0 Å². The van der Waals surface area contributed by atoms with Crippen molar-refractivity contribution in [3.05, 3.63) is 65.2 Å². The van der Waals surface area contributed by atoms with Crippen LogP contribution in [-0.4, -0.2) is 43.7 Å². The number of carbonyl (C=O) groups is 1. The van der Waals surface area contributed by atoms with Gasteiger partial charge in [-0.1, -0.05) is 37.6 Å². The monoisotopic (exact) mass is 386 g/mol. The summed E-state index contributed by atoms with van der Waals surface area (Å²) in [6.07, 6.45) is 2.60. The zero-order valence-electron chi connectivity index (χ0n) is 15.9. The zero-order chi connectivity index (χ0) is 19.4. The summed E-state index contributed by atoms with van der Waals surface area (Å²) >= 11 is 0. The van der Waals surface area contributed by atoms with Crippen LogP contribution in [0.5, 0.6) is 0 Å². The van der Waals surface area contributed by atoms with Gasteiger partial charge in [-0.2, -0.15) is 0 Å². The first-order valence-electron chi connectivity index (χ1n) is 9.36. The zero-order valence-corrected chi connectivity index (χ0v) is 16.7. The highest BCUT2D eigenvalue weighted by molar-refractivity contribution is 7.89. The number of benzene rings is 2. The minimum Gasteiger partial charge on any atom is -0.334 e. The smallest absolute Gasteiger partial charge is 0.254 e. The third kappa shape index (κ3) is 4.22. The molecule has 2 aromatic rings. The second kappa shape index (κ2) is 8.23. The largest absolute Gasteiger partial charge is 0.334 e. The molecule has 0 fully saturated rings. The molecule has 0 spiro atoms. The van der Waals surface area contributed by atoms with Crippen molar-refractivity contribution in [1.29, 1.82) is 0 Å². The second-order valence-corrected chi connectivity index (χ2v) is 8.99.